The lowest BCUT2D eigenvalue weighted by Gasteiger charge is -2.12. The number of benzene rings is 1. The number of ether oxygens (including phenoxy) is 3. The van der Waals surface area contributed by atoms with Crippen molar-refractivity contribution < 1.29 is 19.0 Å². The van der Waals surface area contributed by atoms with E-state index in [0.29, 0.717) is 6.61 Å². The third-order valence-electron chi connectivity index (χ3n) is 3.25. The van der Waals surface area contributed by atoms with E-state index >= 15 is 0 Å². The molecule has 1 unspecified atom stereocenters. The lowest BCUT2D eigenvalue weighted by Crippen LogP contribution is -2.19. The fraction of sp³-hybridized carbons (Fsp3) is 0.500. The fourth-order valence-electron chi connectivity index (χ4n) is 2.30. The van der Waals surface area contributed by atoms with Crippen molar-refractivity contribution in [2.24, 2.45) is 5.73 Å². The summed E-state index contributed by atoms with van der Waals surface area (Å²) in [6.45, 7) is 0.293. The summed E-state index contributed by atoms with van der Waals surface area (Å²) >= 11 is 0. The molecule has 0 bridgehead atoms. The molecule has 5 nitrogen and oxygen atoms in total. The SMILES string of the molecule is COC(=O)CCOc1cc(OC)cc2c1CC(N)C2. The predicted octanol–water partition coefficient (Wildman–Crippen LogP) is 1.06. The van der Waals surface area contributed by atoms with Crippen LogP contribution >= 0.6 is 0 Å². The van der Waals surface area contributed by atoms with Crippen molar-refractivity contribution in [1.29, 1.82) is 0 Å². The molecule has 0 fully saturated rings. The maximum Gasteiger partial charge on any atom is 0.308 e. The number of rotatable bonds is 5. The summed E-state index contributed by atoms with van der Waals surface area (Å²) in [7, 11) is 2.99. The zero-order valence-corrected chi connectivity index (χ0v) is 11.3. The Balaban J connectivity index is 2.11. The largest absolute Gasteiger partial charge is 0.497 e. The van der Waals surface area contributed by atoms with E-state index in [1.165, 1.54) is 12.7 Å². The Morgan fingerprint density at radius 2 is 2.16 bits per heavy atom. The molecular weight excluding hydrogens is 246 g/mol. The minimum absolute atomic E-state index is 0.130. The summed E-state index contributed by atoms with van der Waals surface area (Å²) in [5.41, 5.74) is 8.26. The van der Waals surface area contributed by atoms with Gasteiger partial charge in [-0.1, -0.05) is 0 Å². The van der Waals surface area contributed by atoms with Gasteiger partial charge in [0.1, 0.15) is 11.5 Å². The van der Waals surface area contributed by atoms with Crippen molar-refractivity contribution in [3.8, 4) is 11.5 Å². The quantitative estimate of drug-likeness (QED) is 0.806. The monoisotopic (exact) mass is 265 g/mol. The number of hydrogen-bond acceptors (Lipinski definition) is 5. The molecule has 0 spiro atoms. The first-order valence-corrected chi connectivity index (χ1v) is 6.29. The Bertz CT molecular complexity index is 473. The first-order chi connectivity index (χ1) is 9.13. The number of hydrogen-bond donors (Lipinski definition) is 1. The van der Waals surface area contributed by atoms with Crippen LogP contribution in [0.15, 0.2) is 12.1 Å². The minimum Gasteiger partial charge on any atom is -0.497 e. The van der Waals surface area contributed by atoms with Crippen molar-refractivity contribution in [2.45, 2.75) is 25.3 Å². The molecule has 0 aliphatic heterocycles. The van der Waals surface area contributed by atoms with Crippen LogP contribution in [-0.4, -0.2) is 32.8 Å². The average molecular weight is 265 g/mol. The van der Waals surface area contributed by atoms with Gasteiger partial charge in [-0.05, 0) is 30.0 Å². The van der Waals surface area contributed by atoms with Crippen molar-refractivity contribution >= 4 is 5.97 Å². The summed E-state index contributed by atoms with van der Waals surface area (Å²) in [6, 6.07) is 3.97. The van der Waals surface area contributed by atoms with Gasteiger partial charge in [0, 0.05) is 12.1 Å². The lowest BCUT2D eigenvalue weighted by atomic mass is 10.1. The fourth-order valence-corrected chi connectivity index (χ4v) is 2.30. The normalized spacial score (nSPS) is 16.9. The van der Waals surface area contributed by atoms with Crippen LogP contribution in [0, 0.1) is 0 Å². The number of carbonyl (C=O) groups excluding carboxylic acids is 1. The molecule has 1 aromatic carbocycles. The van der Waals surface area contributed by atoms with E-state index in [0.717, 1.165) is 29.9 Å². The van der Waals surface area contributed by atoms with Gasteiger partial charge in [-0.25, -0.2) is 0 Å². The van der Waals surface area contributed by atoms with E-state index in [2.05, 4.69) is 4.74 Å². The van der Waals surface area contributed by atoms with Crippen LogP contribution in [0.4, 0.5) is 0 Å². The first-order valence-electron chi connectivity index (χ1n) is 6.29. The molecule has 0 amide bonds. The van der Waals surface area contributed by atoms with Crippen molar-refractivity contribution in [3.05, 3.63) is 23.3 Å². The molecular formula is C14H19NO4. The molecule has 19 heavy (non-hydrogen) atoms. The third-order valence-corrected chi connectivity index (χ3v) is 3.25. The second-order valence-corrected chi connectivity index (χ2v) is 4.61. The highest BCUT2D eigenvalue weighted by Gasteiger charge is 2.23. The molecule has 1 aliphatic rings. The van der Waals surface area contributed by atoms with Gasteiger partial charge in [0.25, 0.3) is 0 Å². The maximum atomic E-state index is 11.1. The molecule has 0 saturated carbocycles. The molecule has 0 aromatic heterocycles. The summed E-state index contributed by atoms with van der Waals surface area (Å²) in [5.74, 6) is 1.23. The zero-order valence-electron chi connectivity index (χ0n) is 11.3. The Kier molecular flexibility index (Phi) is 4.27. The molecule has 104 valence electrons. The minimum atomic E-state index is -0.281. The third kappa shape index (κ3) is 3.17. The van der Waals surface area contributed by atoms with Gasteiger partial charge in [-0.3, -0.25) is 4.79 Å². The number of fused-ring (bicyclic) bond motifs is 1. The maximum absolute atomic E-state index is 11.1. The van der Waals surface area contributed by atoms with Gasteiger partial charge < -0.3 is 19.9 Å². The van der Waals surface area contributed by atoms with Gasteiger partial charge in [0.2, 0.25) is 0 Å². The van der Waals surface area contributed by atoms with Crippen LogP contribution in [0.1, 0.15) is 17.5 Å². The molecule has 0 heterocycles. The van der Waals surface area contributed by atoms with Crippen LogP contribution in [0.3, 0.4) is 0 Å². The molecule has 2 rings (SSSR count). The van der Waals surface area contributed by atoms with E-state index in [4.69, 9.17) is 15.2 Å². The van der Waals surface area contributed by atoms with Crippen molar-refractivity contribution in [2.75, 3.05) is 20.8 Å². The molecule has 0 saturated heterocycles. The van der Waals surface area contributed by atoms with Crippen LogP contribution in [-0.2, 0) is 22.4 Å². The highest BCUT2D eigenvalue weighted by molar-refractivity contribution is 5.69. The second kappa shape index (κ2) is 5.93. The summed E-state index contributed by atoms with van der Waals surface area (Å²) < 4.78 is 15.5. The highest BCUT2D eigenvalue weighted by Crippen LogP contribution is 2.34. The molecule has 0 radical (unpaired) electrons. The summed E-state index contributed by atoms with van der Waals surface area (Å²) in [4.78, 5) is 11.1. The van der Waals surface area contributed by atoms with Crippen LogP contribution < -0.4 is 15.2 Å². The Labute approximate surface area is 112 Å². The van der Waals surface area contributed by atoms with Crippen molar-refractivity contribution in [1.82, 2.24) is 0 Å². The lowest BCUT2D eigenvalue weighted by molar-refractivity contribution is -0.141. The second-order valence-electron chi connectivity index (χ2n) is 4.61. The van der Waals surface area contributed by atoms with Crippen LogP contribution in [0.5, 0.6) is 11.5 Å². The van der Waals surface area contributed by atoms with E-state index in [1.807, 2.05) is 12.1 Å². The highest BCUT2D eigenvalue weighted by atomic mass is 16.5. The molecule has 5 heteroatoms. The Morgan fingerprint density at radius 1 is 1.37 bits per heavy atom. The van der Waals surface area contributed by atoms with Gasteiger partial charge >= 0.3 is 5.97 Å². The summed E-state index contributed by atoms with van der Waals surface area (Å²) in [5, 5.41) is 0. The average Bonchev–Trinajstić information content (AvgIpc) is 2.78. The van der Waals surface area contributed by atoms with Crippen LogP contribution in [0.25, 0.3) is 0 Å². The van der Waals surface area contributed by atoms with Crippen LogP contribution in [0.2, 0.25) is 0 Å². The van der Waals surface area contributed by atoms with E-state index in [-0.39, 0.29) is 18.4 Å². The van der Waals surface area contributed by atoms with Gasteiger partial charge in [-0.2, -0.15) is 0 Å². The molecule has 1 aliphatic carbocycles. The number of methoxy groups -OCH3 is 2. The van der Waals surface area contributed by atoms with Crippen molar-refractivity contribution in [3.63, 3.8) is 0 Å². The Morgan fingerprint density at radius 3 is 2.84 bits per heavy atom. The van der Waals surface area contributed by atoms with Gasteiger partial charge in [0.15, 0.2) is 0 Å². The zero-order chi connectivity index (χ0) is 13.8. The number of carbonyl (C=O) groups is 1. The standard InChI is InChI=1S/C14H19NO4/c1-17-11-6-9-5-10(15)7-12(9)13(8-11)19-4-3-14(16)18-2/h6,8,10H,3-5,7,15H2,1-2H3. The van der Waals surface area contributed by atoms with E-state index in [9.17, 15) is 4.79 Å². The molecule has 1 aromatic rings. The Hall–Kier alpha value is -1.75. The number of nitrogens with two attached hydrogens (primary N) is 1. The molecule has 2 N–H and O–H groups in total. The topological polar surface area (TPSA) is 70.8 Å². The predicted molar refractivity (Wildman–Crippen MR) is 70.5 cm³/mol. The molecule has 1 atom stereocenters. The first kappa shape index (κ1) is 13.7. The van der Waals surface area contributed by atoms with Gasteiger partial charge in [-0.15, -0.1) is 0 Å². The van der Waals surface area contributed by atoms with Gasteiger partial charge in [0.05, 0.1) is 27.2 Å². The van der Waals surface area contributed by atoms with E-state index in [1.54, 1.807) is 7.11 Å². The summed E-state index contributed by atoms with van der Waals surface area (Å²) in [6.07, 6.45) is 1.86. The smallest absolute Gasteiger partial charge is 0.308 e. The van der Waals surface area contributed by atoms with E-state index < -0.39 is 0 Å². The number of esters is 1.